The summed E-state index contributed by atoms with van der Waals surface area (Å²) < 4.78 is 10.2. The molecule has 0 amide bonds. The lowest BCUT2D eigenvalue weighted by Crippen LogP contribution is -2.33. The molecule has 3 N–H and O–H groups in total. The molecular weight excluding hydrogens is 282 g/mol. The zero-order chi connectivity index (χ0) is 16.0. The predicted octanol–water partition coefficient (Wildman–Crippen LogP) is 1.67. The van der Waals surface area contributed by atoms with Crippen molar-refractivity contribution in [2.45, 2.75) is 31.3 Å². The maximum atomic E-state index is 11.3. The zero-order valence-electron chi connectivity index (χ0n) is 12.6. The lowest BCUT2D eigenvalue weighted by molar-refractivity contribution is -0.172. The summed E-state index contributed by atoms with van der Waals surface area (Å²) in [7, 11) is 1.31. The van der Waals surface area contributed by atoms with Crippen molar-refractivity contribution in [2.75, 3.05) is 7.11 Å². The van der Waals surface area contributed by atoms with E-state index >= 15 is 0 Å². The monoisotopic (exact) mass is 303 g/mol. The van der Waals surface area contributed by atoms with Crippen molar-refractivity contribution in [1.82, 2.24) is 0 Å². The number of carbonyl (C=O) groups excluding carboxylic acids is 1. The third-order valence-corrected chi connectivity index (χ3v) is 3.51. The van der Waals surface area contributed by atoms with Crippen molar-refractivity contribution >= 4 is 5.97 Å². The Hall–Kier alpha value is -1.95. The quantitative estimate of drug-likeness (QED) is 0.617. The van der Waals surface area contributed by atoms with E-state index in [2.05, 4.69) is 4.74 Å². The van der Waals surface area contributed by atoms with Gasteiger partial charge in [-0.05, 0) is 23.6 Å². The molecule has 0 aromatic heterocycles. The van der Waals surface area contributed by atoms with Crippen LogP contribution in [0.15, 0.2) is 54.1 Å². The Bertz CT molecular complexity index is 567. The van der Waals surface area contributed by atoms with Crippen LogP contribution in [0, 0.1) is 0 Å². The number of methoxy groups -OCH3 is 1. The molecule has 2 atom stereocenters. The van der Waals surface area contributed by atoms with Crippen LogP contribution in [0.2, 0.25) is 0 Å². The molecule has 118 valence electrons. The second-order valence-electron chi connectivity index (χ2n) is 5.27. The minimum absolute atomic E-state index is 0.319. The van der Waals surface area contributed by atoms with E-state index in [9.17, 15) is 9.90 Å². The summed E-state index contributed by atoms with van der Waals surface area (Å²) in [4.78, 5) is 11.3. The second-order valence-corrected chi connectivity index (χ2v) is 5.27. The minimum atomic E-state index is -1.32. The van der Waals surface area contributed by atoms with E-state index in [-0.39, 0.29) is 0 Å². The number of rotatable bonds is 6. The highest BCUT2D eigenvalue weighted by atomic mass is 16.6. The van der Waals surface area contributed by atoms with Crippen LogP contribution in [0.5, 0.6) is 0 Å². The van der Waals surface area contributed by atoms with E-state index < -0.39 is 17.8 Å². The molecule has 5 heteroatoms. The molecule has 0 spiro atoms. The Morgan fingerprint density at radius 3 is 2.73 bits per heavy atom. The van der Waals surface area contributed by atoms with Gasteiger partial charge in [0.25, 0.3) is 0 Å². The predicted molar refractivity (Wildman–Crippen MR) is 82.6 cm³/mol. The van der Waals surface area contributed by atoms with Gasteiger partial charge in [-0.25, -0.2) is 0 Å². The first-order valence-electron chi connectivity index (χ1n) is 7.14. The number of aliphatic hydroxyl groups is 1. The second kappa shape index (κ2) is 7.35. The Morgan fingerprint density at radius 1 is 1.41 bits per heavy atom. The summed E-state index contributed by atoms with van der Waals surface area (Å²) in [5, 5.41) is 10.4. The maximum Gasteiger partial charge on any atom is 0.322 e. The van der Waals surface area contributed by atoms with Crippen LogP contribution in [0.3, 0.4) is 0 Å². The fourth-order valence-corrected chi connectivity index (χ4v) is 2.18. The van der Waals surface area contributed by atoms with Crippen molar-refractivity contribution in [3.8, 4) is 0 Å². The van der Waals surface area contributed by atoms with Gasteiger partial charge in [0.1, 0.15) is 6.04 Å². The Morgan fingerprint density at radius 2 is 2.14 bits per heavy atom. The summed E-state index contributed by atoms with van der Waals surface area (Å²) in [6.07, 6.45) is 5.85. The lowest BCUT2D eigenvalue weighted by Gasteiger charge is -2.27. The number of carbonyl (C=O) groups is 1. The van der Waals surface area contributed by atoms with Crippen molar-refractivity contribution in [3.63, 3.8) is 0 Å². The van der Waals surface area contributed by atoms with E-state index in [0.29, 0.717) is 19.4 Å². The number of esters is 1. The van der Waals surface area contributed by atoms with Gasteiger partial charge >= 0.3 is 5.97 Å². The molecule has 0 saturated heterocycles. The van der Waals surface area contributed by atoms with Crippen LogP contribution in [0.25, 0.3) is 0 Å². The molecule has 0 aliphatic heterocycles. The van der Waals surface area contributed by atoms with Gasteiger partial charge in [-0.1, -0.05) is 42.5 Å². The molecule has 0 heterocycles. The largest absolute Gasteiger partial charge is 0.468 e. The smallest absolute Gasteiger partial charge is 0.322 e. The maximum absolute atomic E-state index is 11.3. The molecular formula is C17H21NO4. The van der Waals surface area contributed by atoms with E-state index in [0.717, 1.165) is 11.1 Å². The SMILES string of the molecule is COC(=O)[C@@H](N)CC1=CCC(O)(OCc2ccccc2)C=C1. The van der Waals surface area contributed by atoms with Crippen LogP contribution < -0.4 is 5.73 Å². The highest BCUT2D eigenvalue weighted by Gasteiger charge is 2.27. The van der Waals surface area contributed by atoms with Crippen molar-refractivity contribution in [2.24, 2.45) is 5.73 Å². The van der Waals surface area contributed by atoms with Crippen LogP contribution in [0.1, 0.15) is 18.4 Å². The molecule has 1 aliphatic carbocycles. The molecule has 0 fully saturated rings. The summed E-state index contributed by atoms with van der Waals surface area (Å²) in [5.41, 5.74) is 7.59. The Kier molecular flexibility index (Phi) is 5.49. The van der Waals surface area contributed by atoms with E-state index in [1.165, 1.54) is 7.11 Å². The fraction of sp³-hybridized carbons (Fsp3) is 0.353. The molecule has 0 saturated carbocycles. The minimum Gasteiger partial charge on any atom is -0.468 e. The third kappa shape index (κ3) is 4.53. The van der Waals surface area contributed by atoms with E-state index in [4.69, 9.17) is 10.5 Å². The molecule has 2 rings (SSSR count). The molecule has 1 unspecified atom stereocenters. The topological polar surface area (TPSA) is 81.8 Å². The number of ether oxygens (including phenoxy) is 2. The molecule has 0 bridgehead atoms. The van der Waals surface area contributed by atoms with Gasteiger partial charge in [0.05, 0.1) is 13.7 Å². The zero-order valence-corrected chi connectivity index (χ0v) is 12.6. The standard InChI is InChI=1S/C17H21NO4/c1-21-16(19)15(18)11-13-7-9-17(20,10-8-13)22-12-14-5-3-2-4-6-14/h2-9,15,20H,10-12,18H2,1H3/t15-,17?/m0/s1. The molecule has 1 aliphatic rings. The third-order valence-electron chi connectivity index (χ3n) is 3.51. The fourth-order valence-electron chi connectivity index (χ4n) is 2.18. The number of benzene rings is 1. The van der Waals surface area contributed by atoms with Gasteiger partial charge in [-0.3, -0.25) is 4.79 Å². The Balaban J connectivity index is 1.87. The average molecular weight is 303 g/mol. The highest BCUT2D eigenvalue weighted by molar-refractivity contribution is 5.75. The van der Waals surface area contributed by atoms with E-state index in [1.807, 2.05) is 36.4 Å². The number of allylic oxidation sites excluding steroid dienone is 1. The van der Waals surface area contributed by atoms with Gasteiger partial charge in [0.2, 0.25) is 0 Å². The van der Waals surface area contributed by atoms with Crippen molar-refractivity contribution < 1.29 is 19.4 Å². The summed E-state index contributed by atoms with van der Waals surface area (Å²) in [6.45, 7) is 0.326. The first-order valence-corrected chi connectivity index (χ1v) is 7.14. The summed E-state index contributed by atoms with van der Waals surface area (Å²) in [5.74, 6) is -1.77. The first kappa shape index (κ1) is 16.4. The van der Waals surface area contributed by atoms with E-state index in [1.54, 1.807) is 12.2 Å². The van der Waals surface area contributed by atoms with Crippen LogP contribution in [0.4, 0.5) is 0 Å². The van der Waals surface area contributed by atoms with Crippen LogP contribution >= 0.6 is 0 Å². The molecule has 1 aromatic carbocycles. The Labute approximate surface area is 130 Å². The molecule has 0 radical (unpaired) electrons. The molecule has 22 heavy (non-hydrogen) atoms. The van der Waals surface area contributed by atoms with Crippen molar-refractivity contribution in [3.05, 3.63) is 59.7 Å². The van der Waals surface area contributed by atoms with Gasteiger partial charge in [-0.15, -0.1) is 0 Å². The van der Waals surface area contributed by atoms with Gasteiger partial charge in [-0.2, -0.15) is 0 Å². The lowest BCUT2D eigenvalue weighted by atomic mass is 9.97. The van der Waals surface area contributed by atoms with Gasteiger partial charge < -0.3 is 20.3 Å². The summed E-state index contributed by atoms with van der Waals surface area (Å²) >= 11 is 0. The summed E-state index contributed by atoms with van der Waals surface area (Å²) in [6, 6.07) is 8.95. The molecule has 5 nitrogen and oxygen atoms in total. The number of hydrogen-bond acceptors (Lipinski definition) is 5. The molecule has 1 aromatic rings. The highest BCUT2D eigenvalue weighted by Crippen LogP contribution is 2.25. The number of nitrogens with two attached hydrogens (primary N) is 1. The normalized spacial score (nSPS) is 22.0. The first-order chi connectivity index (χ1) is 10.5. The van der Waals surface area contributed by atoms with Crippen molar-refractivity contribution in [1.29, 1.82) is 0 Å². The number of hydrogen-bond donors (Lipinski definition) is 2. The van der Waals surface area contributed by atoms with Crippen LogP contribution in [-0.4, -0.2) is 30.0 Å². The van der Waals surface area contributed by atoms with Crippen LogP contribution in [-0.2, 0) is 20.9 Å². The van der Waals surface area contributed by atoms with Gasteiger partial charge in [0, 0.05) is 6.42 Å². The van der Waals surface area contributed by atoms with Gasteiger partial charge in [0.15, 0.2) is 5.79 Å². The average Bonchev–Trinajstić information content (AvgIpc) is 2.55.